The Morgan fingerprint density at radius 3 is 2.62 bits per heavy atom. The number of rotatable bonds is 0. The topological polar surface area (TPSA) is 40.5 Å². The zero-order valence-corrected chi connectivity index (χ0v) is 8.00. The van der Waals surface area contributed by atoms with E-state index in [1.165, 1.54) is 6.42 Å². The lowest BCUT2D eigenvalue weighted by atomic mass is 9.45. The van der Waals surface area contributed by atoms with Crippen LogP contribution in [0.15, 0.2) is 0 Å². The van der Waals surface area contributed by atoms with Crippen LogP contribution >= 0.6 is 0 Å². The summed E-state index contributed by atoms with van der Waals surface area (Å²) in [5.74, 6) is 0.628. The number of hydrogen-bond donors (Lipinski definition) is 2. The fraction of sp³-hybridized carbons (Fsp3) is 1.00. The van der Waals surface area contributed by atoms with Crippen molar-refractivity contribution in [2.75, 3.05) is 0 Å². The fourth-order valence-corrected chi connectivity index (χ4v) is 4.40. The molecule has 2 N–H and O–H groups in total. The van der Waals surface area contributed by atoms with E-state index in [1.54, 1.807) is 0 Å². The van der Waals surface area contributed by atoms with Gasteiger partial charge in [-0.15, -0.1) is 0 Å². The largest absolute Gasteiger partial charge is 0.392 e. The molecule has 2 nitrogen and oxygen atoms in total. The van der Waals surface area contributed by atoms with Gasteiger partial charge in [-0.25, -0.2) is 0 Å². The predicted octanol–water partition coefficient (Wildman–Crippen LogP) is 1.45. The molecule has 0 heterocycles. The molecule has 1 spiro atoms. The van der Waals surface area contributed by atoms with E-state index in [4.69, 9.17) is 0 Å². The Hall–Kier alpha value is -0.0800. The normalized spacial score (nSPS) is 59.5. The molecule has 0 saturated heterocycles. The van der Waals surface area contributed by atoms with E-state index in [0.717, 1.165) is 38.5 Å². The Bertz CT molecular complexity index is 232. The Balaban J connectivity index is 1.98. The van der Waals surface area contributed by atoms with Crippen LogP contribution in [-0.2, 0) is 0 Å². The summed E-state index contributed by atoms with van der Waals surface area (Å²) in [6.45, 7) is 0. The van der Waals surface area contributed by atoms with Crippen LogP contribution in [-0.4, -0.2) is 21.9 Å². The first-order valence-electron chi connectivity index (χ1n) is 5.59. The molecule has 0 bridgehead atoms. The molecule has 2 heteroatoms. The van der Waals surface area contributed by atoms with Crippen molar-refractivity contribution in [1.29, 1.82) is 0 Å². The van der Waals surface area contributed by atoms with Gasteiger partial charge in [0, 0.05) is 5.41 Å². The second-order valence-electron chi connectivity index (χ2n) is 5.27. The molecule has 0 radical (unpaired) electrons. The molecule has 74 valence electrons. The average Bonchev–Trinajstić information content (AvgIpc) is 2.30. The van der Waals surface area contributed by atoms with Gasteiger partial charge in [0.2, 0.25) is 0 Å². The monoisotopic (exact) mass is 182 g/mol. The highest BCUT2D eigenvalue weighted by Gasteiger charge is 2.70. The van der Waals surface area contributed by atoms with Crippen molar-refractivity contribution < 1.29 is 10.2 Å². The molecule has 3 saturated carbocycles. The standard InChI is InChI=1S/C11H18O2/c12-9-4-1-3-8-7-10(13)5-2-6-11(8,9)10/h8-9,12-13H,1-7H2/t8-,9+,10+,11+/m1/s1. The van der Waals surface area contributed by atoms with Gasteiger partial charge in [-0.1, -0.05) is 6.42 Å². The van der Waals surface area contributed by atoms with Gasteiger partial charge in [-0.3, -0.25) is 0 Å². The van der Waals surface area contributed by atoms with Crippen molar-refractivity contribution in [2.24, 2.45) is 11.3 Å². The van der Waals surface area contributed by atoms with Gasteiger partial charge in [-0.05, 0) is 44.4 Å². The molecule has 0 aromatic rings. The number of aliphatic hydroxyl groups is 2. The van der Waals surface area contributed by atoms with Crippen molar-refractivity contribution in [2.45, 2.75) is 56.7 Å². The maximum absolute atomic E-state index is 10.3. The van der Waals surface area contributed by atoms with E-state index in [2.05, 4.69) is 0 Å². The molecule has 3 rings (SSSR count). The van der Waals surface area contributed by atoms with Crippen LogP contribution in [0, 0.1) is 11.3 Å². The molecule has 3 aliphatic rings. The van der Waals surface area contributed by atoms with Gasteiger partial charge in [-0.2, -0.15) is 0 Å². The molecule has 0 aromatic heterocycles. The van der Waals surface area contributed by atoms with Gasteiger partial charge < -0.3 is 10.2 Å². The van der Waals surface area contributed by atoms with Crippen molar-refractivity contribution in [3.05, 3.63) is 0 Å². The molecule has 13 heavy (non-hydrogen) atoms. The van der Waals surface area contributed by atoms with Crippen LogP contribution in [0.3, 0.4) is 0 Å². The molecule has 0 amide bonds. The van der Waals surface area contributed by atoms with Crippen LogP contribution in [0.25, 0.3) is 0 Å². The smallest absolute Gasteiger partial charge is 0.0734 e. The van der Waals surface area contributed by atoms with Crippen molar-refractivity contribution in [3.8, 4) is 0 Å². The minimum atomic E-state index is -0.475. The third-order valence-electron chi connectivity index (χ3n) is 4.98. The Labute approximate surface area is 79.0 Å². The van der Waals surface area contributed by atoms with Crippen LogP contribution < -0.4 is 0 Å². The first kappa shape index (κ1) is 8.25. The second-order valence-corrected chi connectivity index (χ2v) is 5.27. The molecular weight excluding hydrogens is 164 g/mol. The summed E-state index contributed by atoms with van der Waals surface area (Å²) in [6.07, 6.45) is 7.17. The van der Waals surface area contributed by atoms with Gasteiger partial charge in [0.25, 0.3) is 0 Å². The van der Waals surface area contributed by atoms with Crippen LogP contribution in [0.4, 0.5) is 0 Å². The highest BCUT2D eigenvalue weighted by Crippen LogP contribution is 2.68. The molecule has 3 aliphatic carbocycles. The molecule has 3 fully saturated rings. The second kappa shape index (κ2) is 2.29. The number of hydrogen-bond acceptors (Lipinski definition) is 2. The van der Waals surface area contributed by atoms with E-state index in [9.17, 15) is 10.2 Å². The summed E-state index contributed by atoms with van der Waals surface area (Å²) in [5, 5.41) is 20.4. The van der Waals surface area contributed by atoms with Crippen LogP contribution in [0.5, 0.6) is 0 Å². The van der Waals surface area contributed by atoms with Crippen molar-refractivity contribution in [1.82, 2.24) is 0 Å². The van der Waals surface area contributed by atoms with Gasteiger partial charge in [0.1, 0.15) is 0 Å². The Morgan fingerprint density at radius 1 is 1.08 bits per heavy atom. The summed E-state index contributed by atoms with van der Waals surface area (Å²) in [5.41, 5.74) is -0.539. The minimum absolute atomic E-state index is 0.0642. The van der Waals surface area contributed by atoms with E-state index in [0.29, 0.717) is 5.92 Å². The maximum atomic E-state index is 10.3. The fourth-order valence-electron chi connectivity index (χ4n) is 4.40. The zero-order chi connectivity index (χ0) is 9.10. The van der Waals surface area contributed by atoms with Gasteiger partial charge in [0.15, 0.2) is 0 Å². The first-order chi connectivity index (χ1) is 6.19. The molecule has 0 unspecified atom stereocenters. The third kappa shape index (κ3) is 0.736. The van der Waals surface area contributed by atoms with Crippen LogP contribution in [0.2, 0.25) is 0 Å². The Morgan fingerprint density at radius 2 is 1.92 bits per heavy atom. The van der Waals surface area contributed by atoms with Crippen molar-refractivity contribution >= 4 is 0 Å². The Kier molecular flexibility index (Phi) is 1.45. The number of aliphatic hydroxyl groups excluding tert-OH is 1. The summed E-state index contributed by atoms with van der Waals surface area (Å²) in [7, 11) is 0. The quantitative estimate of drug-likeness (QED) is 0.595. The molecular formula is C11H18O2. The molecule has 0 aromatic carbocycles. The van der Waals surface area contributed by atoms with E-state index in [-0.39, 0.29) is 11.5 Å². The predicted molar refractivity (Wildman–Crippen MR) is 49.2 cm³/mol. The van der Waals surface area contributed by atoms with Gasteiger partial charge >= 0.3 is 0 Å². The molecule has 4 atom stereocenters. The lowest BCUT2D eigenvalue weighted by Gasteiger charge is -2.63. The summed E-state index contributed by atoms with van der Waals surface area (Å²) in [6, 6.07) is 0. The van der Waals surface area contributed by atoms with E-state index >= 15 is 0 Å². The highest BCUT2D eigenvalue weighted by atomic mass is 16.3. The SMILES string of the molecule is O[C@H]1CCC[C@@H]2C[C@@]3(O)CCC[C@]213. The molecule has 0 aliphatic heterocycles. The highest BCUT2D eigenvalue weighted by molar-refractivity contribution is 5.20. The van der Waals surface area contributed by atoms with Gasteiger partial charge in [0.05, 0.1) is 11.7 Å². The average molecular weight is 182 g/mol. The summed E-state index contributed by atoms with van der Waals surface area (Å²) >= 11 is 0. The summed E-state index contributed by atoms with van der Waals surface area (Å²) < 4.78 is 0. The first-order valence-corrected chi connectivity index (χ1v) is 5.59. The minimum Gasteiger partial charge on any atom is -0.392 e. The summed E-state index contributed by atoms with van der Waals surface area (Å²) in [4.78, 5) is 0. The van der Waals surface area contributed by atoms with E-state index < -0.39 is 5.60 Å². The van der Waals surface area contributed by atoms with Crippen LogP contribution in [0.1, 0.15) is 44.9 Å². The van der Waals surface area contributed by atoms with Crippen molar-refractivity contribution in [3.63, 3.8) is 0 Å². The lowest BCUT2D eigenvalue weighted by Crippen LogP contribution is -2.67. The maximum Gasteiger partial charge on any atom is 0.0734 e. The third-order valence-corrected chi connectivity index (χ3v) is 4.98. The van der Waals surface area contributed by atoms with E-state index in [1.807, 2.05) is 0 Å². The lowest BCUT2D eigenvalue weighted by molar-refractivity contribution is -0.252. The zero-order valence-electron chi connectivity index (χ0n) is 8.00.